The largest absolute Gasteiger partial charge is 0.493 e. The monoisotopic (exact) mass is 370 g/mol. The average Bonchev–Trinajstić information content (AvgIpc) is 2.66. The molecule has 1 aliphatic rings. The number of nitrogens with zero attached hydrogens (tertiary/aromatic N) is 2. The van der Waals surface area contributed by atoms with Crippen LogP contribution in [-0.2, 0) is 11.3 Å². The Balaban J connectivity index is 1.96. The molecule has 2 aromatic rings. The Hall–Kier alpha value is -2.68. The predicted molar refractivity (Wildman–Crippen MR) is 103 cm³/mol. The second-order valence-corrected chi connectivity index (χ2v) is 6.03. The van der Waals surface area contributed by atoms with Crippen molar-refractivity contribution in [2.24, 2.45) is 4.99 Å². The number of hydrogen-bond acceptors (Lipinski definition) is 5. The van der Waals surface area contributed by atoms with Gasteiger partial charge in [-0.25, -0.2) is 4.99 Å². The number of methoxy groups -OCH3 is 2. The second kappa shape index (κ2) is 8.13. The van der Waals surface area contributed by atoms with E-state index in [2.05, 4.69) is 10.9 Å². The summed E-state index contributed by atoms with van der Waals surface area (Å²) in [5.41, 5.74) is 2.96. The summed E-state index contributed by atoms with van der Waals surface area (Å²) in [4.78, 5) is 6.51. The molecular weight excluding hydrogens is 352 g/mol. The van der Waals surface area contributed by atoms with E-state index in [0.717, 1.165) is 16.8 Å². The lowest BCUT2D eigenvalue weighted by molar-refractivity contribution is 0.0799. The molecule has 0 aromatic heterocycles. The first-order valence-electron chi connectivity index (χ1n) is 8.02. The van der Waals surface area contributed by atoms with Gasteiger partial charge in [0.25, 0.3) is 0 Å². The number of terminal acetylenes is 1. The van der Waals surface area contributed by atoms with Crippen LogP contribution in [0.4, 0.5) is 5.69 Å². The van der Waals surface area contributed by atoms with Crippen molar-refractivity contribution in [1.82, 2.24) is 0 Å². The summed E-state index contributed by atoms with van der Waals surface area (Å²) in [7, 11) is 3.14. The van der Waals surface area contributed by atoms with Crippen LogP contribution in [0, 0.1) is 12.3 Å². The molecule has 1 atom stereocenters. The van der Waals surface area contributed by atoms with Gasteiger partial charge in [0.1, 0.15) is 6.61 Å². The van der Waals surface area contributed by atoms with E-state index in [1.165, 1.54) is 0 Å². The SMILES string of the molecule is C#CCOC1N=Cc2ccccc2N1Cc1cc(Cl)c(OC)c(OC)c1. The van der Waals surface area contributed by atoms with E-state index in [1.54, 1.807) is 20.4 Å². The topological polar surface area (TPSA) is 43.3 Å². The third-order valence-corrected chi connectivity index (χ3v) is 4.30. The van der Waals surface area contributed by atoms with Crippen LogP contribution in [0.1, 0.15) is 11.1 Å². The first-order chi connectivity index (χ1) is 12.7. The molecule has 0 fully saturated rings. The maximum Gasteiger partial charge on any atom is 0.229 e. The highest BCUT2D eigenvalue weighted by Crippen LogP contribution is 2.37. The van der Waals surface area contributed by atoms with E-state index < -0.39 is 6.35 Å². The fraction of sp³-hybridized carbons (Fsp3) is 0.250. The van der Waals surface area contributed by atoms with Crippen molar-refractivity contribution in [3.63, 3.8) is 0 Å². The highest BCUT2D eigenvalue weighted by molar-refractivity contribution is 6.32. The van der Waals surface area contributed by atoms with Crippen LogP contribution in [0.25, 0.3) is 0 Å². The van der Waals surface area contributed by atoms with Crippen molar-refractivity contribution in [3.8, 4) is 23.8 Å². The van der Waals surface area contributed by atoms with Crippen LogP contribution in [0.5, 0.6) is 11.5 Å². The summed E-state index contributed by atoms with van der Waals surface area (Å²) in [6, 6.07) is 11.7. The number of rotatable bonds is 6. The summed E-state index contributed by atoms with van der Waals surface area (Å²) in [5.74, 6) is 3.57. The first kappa shape index (κ1) is 18.1. The number of benzene rings is 2. The molecule has 0 aliphatic carbocycles. The smallest absolute Gasteiger partial charge is 0.229 e. The van der Waals surface area contributed by atoms with Crippen LogP contribution < -0.4 is 14.4 Å². The van der Waals surface area contributed by atoms with Crippen molar-refractivity contribution in [2.45, 2.75) is 12.9 Å². The summed E-state index contributed by atoms with van der Waals surface area (Å²) in [5, 5.41) is 0.483. The Labute approximate surface area is 158 Å². The molecule has 0 spiro atoms. The molecule has 134 valence electrons. The van der Waals surface area contributed by atoms with Crippen LogP contribution in [0.2, 0.25) is 5.02 Å². The van der Waals surface area contributed by atoms with Crippen LogP contribution in [0.3, 0.4) is 0 Å². The van der Waals surface area contributed by atoms with E-state index in [-0.39, 0.29) is 6.61 Å². The van der Waals surface area contributed by atoms with Crippen molar-refractivity contribution in [1.29, 1.82) is 0 Å². The van der Waals surface area contributed by atoms with Gasteiger partial charge in [-0.05, 0) is 23.8 Å². The molecule has 2 aromatic carbocycles. The number of fused-ring (bicyclic) bond motifs is 1. The molecule has 6 heteroatoms. The molecule has 3 rings (SSSR count). The van der Waals surface area contributed by atoms with E-state index in [1.807, 2.05) is 41.3 Å². The van der Waals surface area contributed by atoms with Gasteiger partial charge in [-0.2, -0.15) is 0 Å². The molecule has 0 radical (unpaired) electrons. The van der Waals surface area contributed by atoms with Gasteiger partial charge in [-0.1, -0.05) is 35.7 Å². The van der Waals surface area contributed by atoms with Crippen molar-refractivity contribution >= 4 is 23.5 Å². The zero-order valence-electron chi connectivity index (χ0n) is 14.6. The van der Waals surface area contributed by atoms with Gasteiger partial charge in [0.2, 0.25) is 6.35 Å². The van der Waals surface area contributed by atoms with Gasteiger partial charge < -0.3 is 19.1 Å². The lowest BCUT2D eigenvalue weighted by Crippen LogP contribution is -2.38. The summed E-state index contributed by atoms with van der Waals surface area (Å²) >= 11 is 6.34. The van der Waals surface area contributed by atoms with Crippen molar-refractivity contribution in [3.05, 3.63) is 52.5 Å². The van der Waals surface area contributed by atoms with Crippen LogP contribution in [-0.4, -0.2) is 33.4 Å². The van der Waals surface area contributed by atoms with Crippen LogP contribution in [0.15, 0.2) is 41.4 Å². The van der Waals surface area contributed by atoms with E-state index in [0.29, 0.717) is 23.1 Å². The summed E-state index contributed by atoms with van der Waals surface area (Å²) < 4.78 is 16.4. The van der Waals surface area contributed by atoms with Crippen molar-refractivity contribution < 1.29 is 14.2 Å². The number of anilines is 1. The van der Waals surface area contributed by atoms with Crippen molar-refractivity contribution in [2.75, 3.05) is 25.7 Å². The zero-order valence-corrected chi connectivity index (χ0v) is 15.4. The molecule has 1 heterocycles. The zero-order chi connectivity index (χ0) is 18.5. The summed E-state index contributed by atoms with van der Waals surface area (Å²) in [6.07, 6.45) is 6.63. The van der Waals surface area contributed by atoms with Gasteiger partial charge in [0, 0.05) is 24.0 Å². The Bertz CT molecular complexity index is 861. The molecule has 0 N–H and O–H groups in total. The molecule has 0 saturated heterocycles. The fourth-order valence-electron chi connectivity index (χ4n) is 2.88. The Morgan fingerprint density at radius 2 is 2.04 bits per heavy atom. The number of halogens is 1. The molecule has 0 bridgehead atoms. The third kappa shape index (κ3) is 3.62. The molecule has 26 heavy (non-hydrogen) atoms. The average molecular weight is 371 g/mol. The molecular formula is C20H19ClN2O3. The van der Waals surface area contributed by atoms with E-state index in [4.69, 9.17) is 32.2 Å². The lowest BCUT2D eigenvalue weighted by atomic mass is 10.1. The minimum atomic E-state index is -0.507. The number of aliphatic imine (C=N–C) groups is 1. The molecule has 1 aliphatic heterocycles. The highest BCUT2D eigenvalue weighted by Gasteiger charge is 2.25. The van der Waals surface area contributed by atoms with E-state index in [9.17, 15) is 0 Å². The number of hydrogen-bond donors (Lipinski definition) is 0. The first-order valence-corrected chi connectivity index (χ1v) is 8.40. The predicted octanol–water partition coefficient (Wildman–Crippen LogP) is 3.73. The van der Waals surface area contributed by atoms with Gasteiger partial charge >= 0.3 is 0 Å². The van der Waals surface area contributed by atoms with Gasteiger partial charge in [0.15, 0.2) is 11.5 Å². The van der Waals surface area contributed by atoms with Gasteiger partial charge in [0.05, 0.1) is 19.2 Å². The minimum absolute atomic E-state index is 0.174. The fourth-order valence-corrected chi connectivity index (χ4v) is 3.19. The number of para-hydroxylation sites is 1. The maximum absolute atomic E-state index is 6.34. The molecule has 5 nitrogen and oxygen atoms in total. The standard InChI is InChI=1S/C20H19ClN2O3/c1-4-9-26-20-22-12-15-7-5-6-8-17(15)23(20)13-14-10-16(21)19(25-3)18(11-14)24-2/h1,5-8,10-12,20H,9,13H2,2-3H3. The van der Waals surface area contributed by atoms with Crippen LogP contribution >= 0.6 is 11.6 Å². The van der Waals surface area contributed by atoms with Gasteiger partial charge in [-0.3, -0.25) is 0 Å². The quantitative estimate of drug-likeness (QED) is 0.727. The molecule has 1 unspecified atom stereocenters. The summed E-state index contributed by atoms with van der Waals surface area (Å²) in [6.45, 7) is 0.691. The molecule has 0 amide bonds. The molecule has 0 saturated carbocycles. The van der Waals surface area contributed by atoms with E-state index >= 15 is 0 Å². The number of ether oxygens (including phenoxy) is 3. The lowest BCUT2D eigenvalue weighted by Gasteiger charge is -2.34. The Morgan fingerprint density at radius 3 is 2.77 bits per heavy atom. The Kier molecular flexibility index (Phi) is 5.67. The Morgan fingerprint density at radius 1 is 1.23 bits per heavy atom. The second-order valence-electron chi connectivity index (χ2n) is 5.62. The minimum Gasteiger partial charge on any atom is -0.493 e. The normalized spacial score (nSPS) is 15.3. The third-order valence-electron chi connectivity index (χ3n) is 4.02. The maximum atomic E-state index is 6.34. The highest BCUT2D eigenvalue weighted by atomic mass is 35.5. The van der Waals surface area contributed by atoms with Gasteiger partial charge in [-0.15, -0.1) is 6.42 Å².